The summed E-state index contributed by atoms with van der Waals surface area (Å²) < 4.78 is 0. The quantitative estimate of drug-likeness (QED) is 0.884. The molecule has 0 atom stereocenters. The zero-order valence-corrected chi connectivity index (χ0v) is 11.3. The Labute approximate surface area is 111 Å². The minimum atomic E-state index is -1.08. The third-order valence-corrected chi connectivity index (χ3v) is 2.34. The number of halogens is 1. The summed E-state index contributed by atoms with van der Waals surface area (Å²) in [7, 11) is 0. The second-order valence-corrected chi connectivity index (χ2v) is 5.76. The second-order valence-electron chi connectivity index (χ2n) is 5.32. The number of carbonyl (C=O) groups is 2. The van der Waals surface area contributed by atoms with Crippen LogP contribution in [0, 0.1) is 5.41 Å². The summed E-state index contributed by atoms with van der Waals surface area (Å²) >= 11 is 5.80. The molecule has 0 saturated heterocycles. The summed E-state index contributed by atoms with van der Waals surface area (Å²) in [5.41, 5.74) is 0.320. The van der Waals surface area contributed by atoms with Crippen LogP contribution >= 0.6 is 11.6 Å². The molecule has 2 N–H and O–H groups in total. The fourth-order valence-corrected chi connectivity index (χ4v) is 1.71. The highest BCUT2D eigenvalue weighted by Crippen LogP contribution is 2.22. The van der Waals surface area contributed by atoms with Crippen LogP contribution in [-0.2, 0) is 4.79 Å². The number of nitrogens with one attached hydrogen (secondary N) is 1. The number of benzene rings is 1. The molecule has 0 fully saturated rings. The molecule has 0 bridgehead atoms. The van der Waals surface area contributed by atoms with Crippen LogP contribution in [-0.4, -0.2) is 17.0 Å². The molecule has 0 aliphatic rings. The third kappa shape index (κ3) is 4.75. The number of anilines is 1. The molecule has 4 nitrogen and oxygen atoms in total. The summed E-state index contributed by atoms with van der Waals surface area (Å²) in [6, 6.07) is 4.24. The van der Waals surface area contributed by atoms with E-state index >= 15 is 0 Å². The Kier molecular flexibility index (Phi) is 4.35. The fourth-order valence-electron chi connectivity index (χ4n) is 1.47. The Hall–Kier alpha value is -1.55. The summed E-state index contributed by atoms with van der Waals surface area (Å²) in [4.78, 5) is 22.6. The molecule has 0 radical (unpaired) electrons. The van der Waals surface area contributed by atoms with Crippen molar-refractivity contribution in [2.75, 3.05) is 5.32 Å². The SMILES string of the molecule is CC(C)(C)CC(=O)Nc1cc(Cl)cc(C(=O)O)c1. The Balaban J connectivity index is 2.85. The molecule has 0 aliphatic carbocycles. The van der Waals surface area contributed by atoms with Gasteiger partial charge in [-0.2, -0.15) is 0 Å². The molecular formula is C13H16ClNO3. The number of hydrogen-bond donors (Lipinski definition) is 2. The lowest BCUT2D eigenvalue weighted by Crippen LogP contribution is -2.19. The average Bonchev–Trinajstić information content (AvgIpc) is 2.12. The van der Waals surface area contributed by atoms with E-state index < -0.39 is 5.97 Å². The number of hydrogen-bond acceptors (Lipinski definition) is 2. The normalized spacial score (nSPS) is 11.1. The molecule has 98 valence electrons. The van der Waals surface area contributed by atoms with Crippen LogP contribution in [0.2, 0.25) is 5.02 Å². The van der Waals surface area contributed by atoms with Gasteiger partial charge in [-0.3, -0.25) is 4.79 Å². The first kappa shape index (κ1) is 14.5. The largest absolute Gasteiger partial charge is 0.478 e. The van der Waals surface area contributed by atoms with E-state index in [0.29, 0.717) is 12.1 Å². The van der Waals surface area contributed by atoms with Crippen LogP contribution in [0.3, 0.4) is 0 Å². The highest BCUT2D eigenvalue weighted by molar-refractivity contribution is 6.31. The Morgan fingerprint density at radius 1 is 1.28 bits per heavy atom. The Bertz CT molecular complexity index is 478. The highest BCUT2D eigenvalue weighted by atomic mass is 35.5. The van der Waals surface area contributed by atoms with Gasteiger partial charge in [0, 0.05) is 17.1 Å². The van der Waals surface area contributed by atoms with E-state index in [4.69, 9.17) is 16.7 Å². The van der Waals surface area contributed by atoms with E-state index in [0.717, 1.165) is 0 Å². The molecule has 0 aromatic heterocycles. The number of amides is 1. The Morgan fingerprint density at radius 3 is 2.39 bits per heavy atom. The van der Waals surface area contributed by atoms with Gasteiger partial charge in [0.25, 0.3) is 0 Å². The van der Waals surface area contributed by atoms with Gasteiger partial charge in [0.2, 0.25) is 5.91 Å². The van der Waals surface area contributed by atoms with Crippen molar-refractivity contribution in [1.82, 2.24) is 0 Å². The molecule has 1 aromatic rings. The minimum absolute atomic E-state index is 0.0496. The van der Waals surface area contributed by atoms with Crippen molar-refractivity contribution >= 4 is 29.2 Å². The molecule has 0 unspecified atom stereocenters. The summed E-state index contributed by atoms with van der Waals surface area (Å²) in [5, 5.41) is 11.8. The maximum absolute atomic E-state index is 11.7. The molecule has 0 aliphatic heterocycles. The van der Waals surface area contributed by atoms with Gasteiger partial charge in [-0.1, -0.05) is 32.4 Å². The van der Waals surface area contributed by atoms with Crippen LogP contribution in [0.5, 0.6) is 0 Å². The lowest BCUT2D eigenvalue weighted by molar-refractivity contribution is -0.117. The van der Waals surface area contributed by atoms with Crippen molar-refractivity contribution in [2.24, 2.45) is 5.41 Å². The molecule has 5 heteroatoms. The van der Waals surface area contributed by atoms with Gasteiger partial charge >= 0.3 is 5.97 Å². The van der Waals surface area contributed by atoms with E-state index in [1.165, 1.54) is 18.2 Å². The number of carboxylic acids is 1. The lowest BCUT2D eigenvalue weighted by atomic mass is 9.92. The molecule has 1 amide bonds. The van der Waals surface area contributed by atoms with Crippen LogP contribution in [0.1, 0.15) is 37.6 Å². The first-order chi connectivity index (χ1) is 8.17. The van der Waals surface area contributed by atoms with Crippen molar-refractivity contribution in [1.29, 1.82) is 0 Å². The number of rotatable bonds is 3. The Morgan fingerprint density at radius 2 is 1.89 bits per heavy atom. The zero-order valence-electron chi connectivity index (χ0n) is 10.6. The standard InChI is InChI=1S/C13H16ClNO3/c1-13(2,3)7-11(16)15-10-5-8(12(17)18)4-9(14)6-10/h4-6H,7H2,1-3H3,(H,15,16)(H,17,18). The van der Waals surface area contributed by atoms with Crippen LogP contribution in [0.15, 0.2) is 18.2 Å². The number of carbonyl (C=O) groups excluding carboxylic acids is 1. The van der Waals surface area contributed by atoms with E-state index in [9.17, 15) is 9.59 Å². The van der Waals surface area contributed by atoms with Crippen molar-refractivity contribution in [2.45, 2.75) is 27.2 Å². The van der Waals surface area contributed by atoms with Gasteiger partial charge < -0.3 is 10.4 Å². The van der Waals surface area contributed by atoms with Crippen LogP contribution in [0.4, 0.5) is 5.69 Å². The molecule has 0 heterocycles. The third-order valence-electron chi connectivity index (χ3n) is 2.12. The van der Waals surface area contributed by atoms with Crippen molar-refractivity contribution in [3.8, 4) is 0 Å². The zero-order chi connectivity index (χ0) is 13.9. The maximum atomic E-state index is 11.7. The second kappa shape index (κ2) is 5.40. The topological polar surface area (TPSA) is 66.4 Å². The molecule has 1 rings (SSSR count). The first-order valence-electron chi connectivity index (χ1n) is 5.51. The summed E-state index contributed by atoms with van der Waals surface area (Å²) in [5.74, 6) is -1.25. The van der Waals surface area contributed by atoms with Crippen molar-refractivity contribution in [3.05, 3.63) is 28.8 Å². The van der Waals surface area contributed by atoms with Gasteiger partial charge in [-0.25, -0.2) is 4.79 Å². The highest BCUT2D eigenvalue weighted by Gasteiger charge is 2.16. The van der Waals surface area contributed by atoms with E-state index in [1.54, 1.807) is 0 Å². The molecule has 0 saturated carbocycles. The van der Waals surface area contributed by atoms with Gasteiger partial charge in [0.15, 0.2) is 0 Å². The first-order valence-corrected chi connectivity index (χ1v) is 5.89. The van der Waals surface area contributed by atoms with Gasteiger partial charge in [0.1, 0.15) is 0 Å². The van der Waals surface area contributed by atoms with Crippen LogP contribution < -0.4 is 5.32 Å². The van der Waals surface area contributed by atoms with E-state index in [-0.39, 0.29) is 21.9 Å². The monoisotopic (exact) mass is 269 g/mol. The minimum Gasteiger partial charge on any atom is -0.478 e. The molecule has 18 heavy (non-hydrogen) atoms. The lowest BCUT2D eigenvalue weighted by Gasteiger charge is -2.17. The predicted molar refractivity (Wildman–Crippen MR) is 71.1 cm³/mol. The van der Waals surface area contributed by atoms with Gasteiger partial charge in [-0.05, 0) is 23.6 Å². The molecular weight excluding hydrogens is 254 g/mol. The van der Waals surface area contributed by atoms with Crippen molar-refractivity contribution < 1.29 is 14.7 Å². The van der Waals surface area contributed by atoms with Gasteiger partial charge in [-0.15, -0.1) is 0 Å². The van der Waals surface area contributed by atoms with Crippen LogP contribution in [0.25, 0.3) is 0 Å². The number of carboxylic acid groups (broad SMARTS) is 1. The fraction of sp³-hybridized carbons (Fsp3) is 0.385. The van der Waals surface area contributed by atoms with Crippen molar-refractivity contribution in [3.63, 3.8) is 0 Å². The number of aromatic carboxylic acids is 1. The van der Waals surface area contributed by atoms with Gasteiger partial charge in [0.05, 0.1) is 5.56 Å². The molecule has 1 aromatic carbocycles. The summed E-state index contributed by atoms with van der Waals surface area (Å²) in [6.45, 7) is 5.85. The van der Waals surface area contributed by atoms with E-state index in [1.807, 2.05) is 20.8 Å². The smallest absolute Gasteiger partial charge is 0.335 e. The average molecular weight is 270 g/mol. The van der Waals surface area contributed by atoms with E-state index in [2.05, 4.69) is 5.32 Å². The maximum Gasteiger partial charge on any atom is 0.335 e. The predicted octanol–water partition coefficient (Wildman–Crippen LogP) is 3.41. The summed E-state index contributed by atoms with van der Waals surface area (Å²) in [6.07, 6.45) is 0.349. The molecule has 0 spiro atoms.